The normalized spacial score (nSPS) is 23.2. The van der Waals surface area contributed by atoms with Crippen LogP contribution in [-0.4, -0.2) is 10.6 Å². The number of rotatable bonds is 3. The first-order chi connectivity index (χ1) is 10.8. The summed E-state index contributed by atoms with van der Waals surface area (Å²) in [5.74, 6) is 1.06. The summed E-state index contributed by atoms with van der Waals surface area (Å²) in [6, 6.07) is 13.2. The van der Waals surface area contributed by atoms with Gasteiger partial charge >= 0.3 is 0 Å². The van der Waals surface area contributed by atoms with Crippen molar-refractivity contribution in [2.45, 2.75) is 50.3 Å². The summed E-state index contributed by atoms with van der Waals surface area (Å²) in [6.07, 6.45) is 8.48. The second-order valence-electron chi connectivity index (χ2n) is 6.61. The first kappa shape index (κ1) is 13.8. The van der Waals surface area contributed by atoms with Gasteiger partial charge in [0.2, 0.25) is 0 Å². The Bertz CT molecular complexity index is 651. The first-order valence-corrected chi connectivity index (χ1v) is 8.20. The minimum atomic E-state index is 0.0701. The van der Waals surface area contributed by atoms with E-state index in [-0.39, 0.29) is 11.6 Å². The number of hydrogen-bond acceptors (Lipinski definition) is 3. The van der Waals surface area contributed by atoms with Crippen LogP contribution < -0.4 is 10.1 Å². The molecular formula is C19H22N2O. The summed E-state index contributed by atoms with van der Waals surface area (Å²) in [7, 11) is 0. The van der Waals surface area contributed by atoms with Crippen LogP contribution in [0.5, 0.6) is 5.75 Å². The molecule has 0 bridgehead atoms. The predicted octanol–water partition coefficient (Wildman–Crippen LogP) is 4.18. The average Bonchev–Trinajstić information content (AvgIpc) is 2.54. The van der Waals surface area contributed by atoms with E-state index in [9.17, 15) is 0 Å². The van der Waals surface area contributed by atoms with Crippen LogP contribution in [0.1, 0.15) is 55.8 Å². The third kappa shape index (κ3) is 2.40. The molecule has 0 radical (unpaired) electrons. The Morgan fingerprint density at radius 3 is 2.82 bits per heavy atom. The number of hydrogen-bond donors (Lipinski definition) is 1. The van der Waals surface area contributed by atoms with E-state index in [1.807, 2.05) is 18.5 Å². The maximum absolute atomic E-state index is 6.32. The Hall–Kier alpha value is -1.87. The van der Waals surface area contributed by atoms with Crippen molar-refractivity contribution in [1.82, 2.24) is 10.3 Å². The Kier molecular flexibility index (Phi) is 3.38. The molecule has 2 atom stereocenters. The van der Waals surface area contributed by atoms with Gasteiger partial charge in [-0.05, 0) is 43.9 Å². The molecule has 0 amide bonds. The summed E-state index contributed by atoms with van der Waals surface area (Å²) in [5.41, 5.74) is 2.59. The second kappa shape index (κ2) is 5.40. The lowest BCUT2D eigenvalue weighted by Crippen LogP contribution is -2.49. The summed E-state index contributed by atoms with van der Waals surface area (Å²) in [5, 5.41) is 3.79. The number of aromatic nitrogens is 1. The smallest absolute Gasteiger partial charge is 0.124 e. The second-order valence-corrected chi connectivity index (χ2v) is 6.61. The molecule has 3 heteroatoms. The van der Waals surface area contributed by atoms with Crippen molar-refractivity contribution in [2.24, 2.45) is 0 Å². The van der Waals surface area contributed by atoms with Crippen LogP contribution in [0.3, 0.4) is 0 Å². The zero-order valence-corrected chi connectivity index (χ0v) is 13.0. The van der Waals surface area contributed by atoms with Gasteiger partial charge in [-0.15, -0.1) is 0 Å². The van der Waals surface area contributed by atoms with Crippen molar-refractivity contribution in [1.29, 1.82) is 0 Å². The van der Waals surface area contributed by atoms with Gasteiger partial charge in [0.1, 0.15) is 11.4 Å². The fourth-order valence-corrected chi connectivity index (χ4v) is 3.67. The van der Waals surface area contributed by atoms with Crippen LogP contribution in [0, 0.1) is 0 Å². The van der Waals surface area contributed by atoms with Crippen molar-refractivity contribution < 1.29 is 4.74 Å². The van der Waals surface area contributed by atoms with Crippen LogP contribution >= 0.6 is 0 Å². The highest BCUT2D eigenvalue weighted by Gasteiger charge is 2.45. The zero-order chi connectivity index (χ0) is 15.0. The molecule has 2 aromatic rings. The third-order valence-corrected chi connectivity index (χ3v) is 5.10. The van der Waals surface area contributed by atoms with E-state index in [2.05, 4.69) is 47.6 Å². The SMILES string of the molecule is CC(NC1CC2(CCC2)Oc2ccccc21)c1cccnc1. The van der Waals surface area contributed by atoms with Gasteiger partial charge in [0, 0.05) is 36.5 Å². The monoisotopic (exact) mass is 294 g/mol. The van der Waals surface area contributed by atoms with Gasteiger partial charge in [0.05, 0.1) is 0 Å². The molecule has 1 fully saturated rings. The van der Waals surface area contributed by atoms with E-state index in [1.165, 1.54) is 30.4 Å². The quantitative estimate of drug-likeness (QED) is 0.922. The topological polar surface area (TPSA) is 34.1 Å². The molecule has 1 saturated carbocycles. The van der Waals surface area contributed by atoms with Gasteiger partial charge in [-0.25, -0.2) is 0 Å². The van der Waals surface area contributed by atoms with Gasteiger partial charge < -0.3 is 10.1 Å². The number of nitrogens with zero attached hydrogens (tertiary/aromatic N) is 1. The van der Waals surface area contributed by atoms with Crippen molar-refractivity contribution in [3.63, 3.8) is 0 Å². The molecule has 114 valence electrons. The van der Waals surface area contributed by atoms with Crippen LogP contribution in [0.2, 0.25) is 0 Å². The lowest BCUT2D eigenvalue weighted by molar-refractivity contribution is -0.0378. The van der Waals surface area contributed by atoms with E-state index in [1.54, 1.807) is 0 Å². The number of pyridine rings is 1. The number of nitrogens with one attached hydrogen (secondary N) is 1. The number of para-hydroxylation sites is 1. The fraction of sp³-hybridized carbons (Fsp3) is 0.421. The molecule has 1 aromatic carbocycles. The number of fused-ring (bicyclic) bond motifs is 1. The lowest BCUT2D eigenvalue weighted by Gasteiger charge is -2.48. The van der Waals surface area contributed by atoms with Crippen LogP contribution in [-0.2, 0) is 0 Å². The van der Waals surface area contributed by atoms with Crippen molar-refractivity contribution in [2.75, 3.05) is 0 Å². The highest BCUT2D eigenvalue weighted by molar-refractivity contribution is 5.39. The van der Waals surface area contributed by atoms with Gasteiger partial charge in [0.15, 0.2) is 0 Å². The highest BCUT2D eigenvalue weighted by atomic mass is 16.5. The van der Waals surface area contributed by atoms with Gasteiger partial charge in [0.25, 0.3) is 0 Å². The van der Waals surface area contributed by atoms with E-state index in [0.29, 0.717) is 6.04 Å². The highest BCUT2D eigenvalue weighted by Crippen LogP contribution is 2.49. The minimum absolute atomic E-state index is 0.0701. The molecule has 22 heavy (non-hydrogen) atoms. The van der Waals surface area contributed by atoms with Gasteiger partial charge in [-0.1, -0.05) is 24.3 Å². The molecule has 1 aliphatic carbocycles. The Morgan fingerprint density at radius 1 is 1.23 bits per heavy atom. The molecule has 1 aromatic heterocycles. The third-order valence-electron chi connectivity index (χ3n) is 5.10. The summed E-state index contributed by atoms with van der Waals surface area (Å²) in [6.45, 7) is 2.21. The van der Waals surface area contributed by atoms with Gasteiger partial charge in [-0.2, -0.15) is 0 Å². The number of benzene rings is 1. The largest absolute Gasteiger partial charge is 0.487 e. The molecule has 4 rings (SSSR count). The standard InChI is InChI=1S/C19H22N2O/c1-14(15-6-4-11-20-13-15)21-17-12-19(9-5-10-19)22-18-8-3-2-7-16(17)18/h2-4,6-8,11,13-14,17,21H,5,9-10,12H2,1H3. The molecule has 3 nitrogen and oxygen atoms in total. The molecule has 0 saturated heterocycles. The number of ether oxygens (including phenoxy) is 1. The van der Waals surface area contributed by atoms with Crippen LogP contribution in [0.25, 0.3) is 0 Å². The average molecular weight is 294 g/mol. The van der Waals surface area contributed by atoms with Crippen molar-refractivity contribution >= 4 is 0 Å². The zero-order valence-electron chi connectivity index (χ0n) is 13.0. The van der Waals surface area contributed by atoms with Crippen molar-refractivity contribution in [3.8, 4) is 5.75 Å². The summed E-state index contributed by atoms with van der Waals surface area (Å²) in [4.78, 5) is 4.23. The predicted molar refractivity (Wildman–Crippen MR) is 86.8 cm³/mol. The molecule has 1 N–H and O–H groups in total. The summed E-state index contributed by atoms with van der Waals surface area (Å²) >= 11 is 0. The van der Waals surface area contributed by atoms with E-state index in [0.717, 1.165) is 12.2 Å². The Morgan fingerprint density at radius 2 is 2.09 bits per heavy atom. The van der Waals surface area contributed by atoms with E-state index < -0.39 is 0 Å². The van der Waals surface area contributed by atoms with Crippen LogP contribution in [0.4, 0.5) is 0 Å². The minimum Gasteiger partial charge on any atom is -0.487 e. The molecular weight excluding hydrogens is 272 g/mol. The van der Waals surface area contributed by atoms with Gasteiger partial charge in [-0.3, -0.25) is 4.98 Å². The maximum Gasteiger partial charge on any atom is 0.124 e. The Labute approximate surface area is 131 Å². The summed E-state index contributed by atoms with van der Waals surface area (Å²) < 4.78 is 6.32. The van der Waals surface area contributed by atoms with E-state index >= 15 is 0 Å². The lowest BCUT2D eigenvalue weighted by atomic mass is 9.73. The first-order valence-electron chi connectivity index (χ1n) is 8.20. The van der Waals surface area contributed by atoms with Crippen molar-refractivity contribution in [3.05, 3.63) is 59.9 Å². The van der Waals surface area contributed by atoms with E-state index in [4.69, 9.17) is 4.74 Å². The molecule has 1 spiro atoms. The molecule has 2 aliphatic rings. The maximum atomic E-state index is 6.32. The fourth-order valence-electron chi connectivity index (χ4n) is 3.67. The van der Waals surface area contributed by atoms with Crippen LogP contribution in [0.15, 0.2) is 48.8 Å². The molecule has 2 heterocycles. The molecule has 2 unspecified atom stereocenters. The molecule has 1 aliphatic heterocycles. The Balaban J connectivity index is 1.60.